The average molecular weight is 464 g/mol. The summed E-state index contributed by atoms with van der Waals surface area (Å²) in [6.07, 6.45) is 5.98. The van der Waals surface area contributed by atoms with Crippen molar-refractivity contribution < 1.29 is 17.2 Å². The summed E-state index contributed by atoms with van der Waals surface area (Å²) in [5.41, 5.74) is 1.96. The maximum absolute atomic E-state index is 13.8. The Kier molecular flexibility index (Phi) is 6.05. The second kappa shape index (κ2) is 8.61. The predicted octanol–water partition coefficient (Wildman–Crippen LogP) is 4.22. The monoisotopic (exact) mass is 463 g/mol. The lowest BCUT2D eigenvalue weighted by Gasteiger charge is -2.47. The first kappa shape index (κ1) is 21.8. The van der Waals surface area contributed by atoms with Crippen LogP contribution < -0.4 is 0 Å². The Morgan fingerprint density at radius 2 is 1.55 bits per heavy atom. The second-order valence-electron chi connectivity index (χ2n) is 7.79. The number of sulfone groups is 1. The maximum atomic E-state index is 13.8. The molecule has 31 heavy (non-hydrogen) atoms. The van der Waals surface area contributed by atoms with E-state index in [4.69, 9.17) is 11.6 Å². The summed E-state index contributed by atoms with van der Waals surface area (Å²) in [7, 11) is -3.60. The normalized spacial score (nSPS) is 17.2. The Morgan fingerprint density at radius 3 is 2.10 bits per heavy atom. The molecule has 9 heteroatoms. The molecule has 1 saturated heterocycles. The molecule has 162 valence electrons. The maximum Gasteiger partial charge on any atom is 0.154 e. The Hall–Kier alpha value is -2.42. The van der Waals surface area contributed by atoms with Crippen molar-refractivity contribution in [3.05, 3.63) is 94.5 Å². The highest BCUT2D eigenvalue weighted by Gasteiger charge is 2.43. The molecule has 0 radical (unpaired) electrons. The van der Waals surface area contributed by atoms with Crippen LogP contribution in [0.5, 0.6) is 0 Å². The minimum Gasteiger partial charge on any atom is -0.292 e. The average Bonchev–Trinajstić information content (AvgIpc) is 2.66. The van der Waals surface area contributed by atoms with Gasteiger partial charge in [-0.05, 0) is 35.4 Å². The van der Waals surface area contributed by atoms with Crippen LogP contribution in [0.4, 0.5) is 8.78 Å². The van der Waals surface area contributed by atoms with E-state index in [2.05, 4.69) is 14.9 Å². The first-order valence-corrected chi connectivity index (χ1v) is 11.9. The van der Waals surface area contributed by atoms with Crippen molar-refractivity contribution >= 4 is 21.4 Å². The summed E-state index contributed by atoms with van der Waals surface area (Å²) in [5, 5.41) is -0.384. The number of aromatic nitrogens is 2. The topological polar surface area (TPSA) is 63.2 Å². The minimum atomic E-state index is -3.60. The van der Waals surface area contributed by atoms with Gasteiger partial charge in [-0.15, -0.1) is 0 Å². The van der Waals surface area contributed by atoms with Crippen LogP contribution in [0.2, 0.25) is 5.02 Å². The third-order valence-electron chi connectivity index (χ3n) is 5.49. The standard InChI is InChI=1S/C22H20ClF2N3O2S/c1-31(29,30)22(15-6-19(24)8-20(25)7-15)17-11-28(12-17)21(16-9-26-13-27-10-16)14-2-4-18(23)5-3-14/h2-10,13,17,21-22H,11-12H2,1H3. The van der Waals surface area contributed by atoms with Crippen molar-refractivity contribution in [3.63, 3.8) is 0 Å². The van der Waals surface area contributed by atoms with Gasteiger partial charge >= 0.3 is 0 Å². The molecule has 1 aromatic heterocycles. The Bertz CT molecular complexity index is 1150. The molecule has 0 saturated carbocycles. The molecule has 5 nitrogen and oxygen atoms in total. The molecule has 1 aliphatic rings. The van der Waals surface area contributed by atoms with Gasteiger partial charge in [0.1, 0.15) is 18.0 Å². The van der Waals surface area contributed by atoms with E-state index in [1.807, 2.05) is 12.1 Å². The molecule has 1 fully saturated rings. The zero-order valence-electron chi connectivity index (χ0n) is 16.6. The van der Waals surface area contributed by atoms with Gasteiger partial charge in [0.15, 0.2) is 9.84 Å². The van der Waals surface area contributed by atoms with Crippen molar-refractivity contribution in [2.45, 2.75) is 11.3 Å². The quantitative estimate of drug-likeness (QED) is 0.548. The van der Waals surface area contributed by atoms with E-state index in [-0.39, 0.29) is 17.5 Å². The molecule has 2 unspecified atom stereocenters. The van der Waals surface area contributed by atoms with Gasteiger partial charge in [0.05, 0.1) is 11.3 Å². The minimum absolute atomic E-state index is 0.135. The number of likely N-dealkylation sites (tertiary alicyclic amines) is 1. The second-order valence-corrected chi connectivity index (χ2v) is 10.4. The van der Waals surface area contributed by atoms with Crippen LogP contribution >= 0.6 is 11.6 Å². The Morgan fingerprint density at radius 1 is 0.968 bits per heavy atom. The zero-order valence-corrected chi connectivity index (χ0v) is 18.2. The highest BCUT2D eigenvalue weighted by Crippen LogP contribution is 2.42. The summed E-state index contributed by atoms with van der Waals surface area (Å²) in [4.78, 5) is 10.3. The van der Waals surface area contributed by atoms with Gasteiger partial charge in [0.2, 0.25) is 0 Å². The van der Waals surface area contributed by atoms with E-state index < -0.39 is 26.7 Å². The molecular weight excluding hydrogens is 444 g/mol. The van der Waals surface area contributed by atoms with Crippen molar-refractivity contribution in [3.8, 4) is 0 Å². The number of nitrogens with zero attached hydrogens (tertiary/aromatic N) is 3. The van der Waals surface area contributed by atoms with Crippen LogP contribution in [0.25, 0.3) is 0 Å². The molecular formula is C22H20ClF2N3O2S. The molecule has 0 amide bonds. The van der Waals surface area contributed by atoms with Crippen LogP contribution in [0, 0.1) is 17.6 Å². The SMILES string of the molecule is CS(=O)(=O)C(c1cc(F)cc(F)c1)C1CN(C(c2ccc(Cl)cc2)c2cncnc2)C1. The van der Waals surface area contributed by atoms with E-state index in [0.29, 0.717) is 18.1 Å². The van der Waals surface area contributed by atoms with Crippen LogP contribution in [0.3, 0.4) is 0 Å². The fourth-order valence-corrected chi connectivity index (χ4v) is 5.90. The first-order valence-electron chi connectivity index (χ1n) is 9.61. The van der Waals surface area contributed by atoms with Gasteiger partial charge in [-0.2, -0.15) is 0 Å². The molecule has 4 rings (SSSR count). The zero-order chi connectivity index (χ0) is 22.2. The number of hydrogen-bond donors (Lipinski definition) is 0. The van der Waals surface area contributed by atoms with E-state index >= 15 is 0 Å². The third kappa shape index (κ3) is 4.76. The number of rotatable bonds is 6. The highest BCUT2D eigenvalue weighted by molar-refractivity contribution is 7.90. The fourth-order valence-electron chi connectivity index (χ4n) is 4.27. The lowest BCUT2D eigenvalue weighted by atomic mass is 9.87. The largest absolute Gasteiger partial charge is 0.292 e. The molecule has 2 heterocycles. The van der Waals surface area contributed by atoms with Gasteiger partial charge < -0.3 is 0 Å². The van der Waals surface area contributed by atoms with Gasteiger partial charge in [-0.25, -0.2) is 27.2 Å². The molecule has 0 bridgehead atoms. The van der Waals surface area contributed by atoms with Crippen molar-refractivity contribution in [1.29, 1.82) is 0 Å². The van der Waals surface area contributed by atoms with Crippen LogP contribution in [-0.2, 0) is 9.84 Å². The molecule has 1 aliphatic heterocycles. The smallest absolute Gasteiger partial charge is 0.154 e. The summed E-state index contributed by atoms with van der Waals surface area (Å²) in [6, 6.07) is 10.1. The molecule has 2 aromatic carbocycles. The Balaban J connectivity index is 1.64. The van der Waals surface area contributed by atoms with E-state index in [0.717, 1.165) is 35.6 Å². The van der Waals surface area contributed by atoms with E-state index in [9.17, 15) is 17.2 Å². The lowest BCUT2D eigenvalue weighted by molar-refractivity contribution is 0.0652. The van der Waals surface area contributed by atoms with Crippen molar-refractivity contribution in [2.24, 2.45) is 5.92 Å². The molecule has 0 aliphatic carbocycles. The molecule has 2 atom stereocenters. The van der Waals surface area contributed by atoms with Crippen LogP contribution in [0.15, 0.2) is 61.2 Å². The van der Waals surface area contributed by atoms with Crippen molar-refractivity contribution in [2.75, 3.05) is 19.3 Å². The summed E-state index contributed by atoms with van der Waals surface area (Å²) in [6.45, 7) is 0.857. The van der Waals surface area contributed by atoms with Crippen LogP contribution in [0.1, 0.15) is 28.0 Å². The van der Waals surface area contributed by atoms with Gasteiger partial charge in [-0.1, -0.05) is 23.7 Å². The highest BCUT2D eigenvalue weighted by atomic mass is 35.5. The van der Waals surface area contributed by atoms with Gasteiger partial charge in [0, 0.05) is 54.3 Å². The van der Waals surface area contributed by atoms with Gasteiger partial charge in [0.25, 0.3) is 0 Å². The summed E-state index contributed by atoms with van der Waals surface area (Å²) < 4.78 is 52.6. The van der Waals surface area contributed by atoms with Crippen molar-refractivity contribution in [1.82, 2.24) is 14.9 Å². The first-order chi connectivity index (χ1) is 14.7. The number of hydrogen-bond acceptors (Lipinski definition) is 5. The third-order valence-corrected chi connectivity index (χ3v) is 7.32. The number of benzene rings is 2. The fraction of sp³-hybridized carbons (Fsp3) is 0.273. The van der Waals surface area contributed by atoms with E-state index in [1.54, 1.807) is 24.5 Å². The molecule has 3 aromatic rings. The predicted molar refractivity (Wildman–Crippen MR) is 114 cm³/mol. The lowest BCUT2D eigenvalue weighted by Crippen LogP contribution is -2.52. The Labute approximate surface area is 184 Å². The summed E-state index contributed by atoms with van der Waals surface area (Å²) >= 11 is 6.03. The number of halogens is 3. The molecule has 0 N–H and O–H groups in total. The molecule has 0 spiro atoms. The van der Waals surface area contributed by atoms with Crippen LogP contribution in [-0.4, -0.2) is 42.6 Å². The van der Waals surface area contributed by atoms with Gasteiger partial charge in [-0.3, -0.25) is 4.90 Å². The van der Waals surface area contributed by atoms with E-state index in [1.165, 1.54) is 6.33 Å². The summed E-state index contributed by atoms with van der Waals surface area (Å²) in [5.74, 6) is -1.89.